The van der Waals surface area contributed by atoms with E-state index in [9.17, 15) is 9.59 Å². The van der Waals surface area contributed by atoms with Crippen LogP contribution in [0.5, 0.6) is 0 Å². The summed E-state index contributed by atoms with van der Waals surface area (Å²) in [6, 6.07) is 10.4. The summed E-state index contributed by atoms with van der Waals surface area (Å²) in [6.07, 6.45) is 1.43. The number of aromatic nitrogens is 2. The Morgan fingerprint density at radius 3 is 2.62 bits per heavy atom. The Kier molecular flexibility index (Phi) is 5.60. The fourth-order valence-electron chi connectivity index (χ4n) is 2.21. The summed E-state index contributed by atoms with van der Waals surface area (Å²) in [4.78, 5) is 32.3. The van der Waals surface area contributed by atoms with E-state index in [1.807, 2.05) is 24.4 Å². The van der Waals surface area contributed by atoms with Crippen molar-refractivity contribution in [2.24, 2.45) is 0 Å². The minimum Gasteiger partial charge on any atom is -0.342 e. The Bertz CT molecular complexity index is 940. The maximum Gasteiger partial charge on any atom is 0.270 e. The first-order chi connectivity index (χ1) is 12.5. The Labute approximate surface area is 159 Å². The summed E-state index contributed by atoms with van der Waals surface area (Å²) in [5, 5.41) is 8.63. The van der Waals surface area contributed by atoms with Crippen LogP contribution < -0.4 is 10.6 Å². The summed E-state index contributed by atoms with van der Waals surface area (Å²) in [5.41, 5.74) is 2.69. The van der Waals surface area contributed by atoms with Gasteiger partial charge in [-0.15, -0.1) is 11.3 Å². The van der Waals surface area contributed by atoms with Crippen molar-refractivity contribution in [2.45, 2.75) is 6.92 Å². The first-order valence-corrected chi connectivity index (χ1v) is 8.99. The van der Waals surface area contributed by atoms with Gasteiger partial charge in [-0.25, -0.2) is 4.98 Å². The molecule has 3 rings (SSSR count). The van der Waals surface area contributed by atoms with E-state index < -0.39 is 5.91 Å². The van der Waals surface area contributed by atoms with Gasteiger partial charge in [0.1, 0.15) is 5.69 Å². The van der Waals surface area contributed by atoms with Gasteiger partial charge in [0.25, 0.3) is 5.91 Å². The number of anilines is 1. The summed E-state index contributed by atoms with van der Waals surface area (Å²) >= 11 is 7.40. The summed E-state index contributed by atoms with van der Waals surface area (Å²) < 4.78 is 0. The molecule has 0 radical (unpaired) electrons. The van der Waals surface area contributed by atoms with Crippen LogP contribution in [0.4, 0.5) is 5.69 Å². The molecule has 3 aromatic rings. The largest absolute Gasteiger partial charge is 0.342 e. The second-order valence-electron chi connectivity index (χ2n) is 5.42. The highest BCUT2D eigenvalue weighted by atomic mass is 35.5. The van der Waals surface area contributed by atoms with Crippen LogP contribution in [-0.2, 0) is 4.79 Å². The first kappa shape index (κ1) is 18.0. The van der Waals surface area contributed by atoms with Crippen molar-refractivity contribution in [3.63, 3.8) is 0 Å². The lowest BCUT2D eigenvalue weighted by atomic mass is 10.1. The van der Waals surface area contributed by atoms with Crippen molar-refractivity contribution in [1.82, 2.24) is 15.3 Å². The lowest BCUT2D eigenvalue weighted by Gasteiger charge is -2.07. The van der Waals surface area contributed by atoms with E-state index in [0.29, 0.717) is 10.7 Å². The molecule has 0 aliphatic rings. The van der Waals surface area contributed by atoms with Crippen molar-refractivity contribution < 1.29 is 9.59 Å². The van der Waals surface area contributed by atoms with E-state index in [0.717, 1.165) is 16.3 Å². The van der Waals surface area contributed by atoms with Crippen LogP contribution in [0.1, 0.15) is 15.5 Å². The molecule has 0 fully saturated rings. The molecule has 0 spiro atoms. The number of carbonyl (C=O) groups excluding carboxylic acids is 2. The third-order valence-electron chi connectivity index (χ3n) is 3.45. The van der Waals surface area contributed by atoms with Crippen LogP contribution >= 0.6 is 22.9 Å². The molecule has 0 aliphatic heterocycles. The van der Waals surface area contributed by atoms with Gasteiger partial charge in [0.15, 0.2) is 0 Å². The van der Waals surface area contributed by atoms with Crippen molar-refractivity contribution in [1.29, 1.82) is 0 Å². The van der Waals surface area contributed by atoms with Gasteiger partial charge in [0.05, 0.1) is 17.2 Å². The maximum absolute atomic E-state index is 12.0. The topological polar surface area (TPSA) is 84.0 Å². The number of hydrogen-bond acceptors (Lipinski definition) is 5. The zero-order valence-electron chi connectivity index (χ0n) is 13.8. The van der Waals surface area contributed by atoms with Crippen molar-refractivity contribution >= 4 is 40.4 Å². The Hall–Kier alpha value is -2.77. The van der Waals surface area contributed by atoms with Crippen LogP contribution in [0.2, 0.25) is 5.02 Å². The average Bonchev–Trinajstić information content (AvgIpc) is 3.07. The minimum absolute atomic E-state index is 0.160. The standard InChI is InChI=1S/C18H15ClN4O2S/c1-11-22-16(10-26-11)12-2-4-14(5-3-12)23-17(24)9-21-18(25)15-8-13(19)6-7-20-15/h2-8,10H,9H2,1H3,(H,21,25)(H,23,24). The SMILES string of the molecule is Cc1nc(-c2ccc(NC(=O)CNC(=O)c3cc(Cl)ccn3)cc2)cs1. The number of halogens is 1. The molecule has 0 unspecified atom stereocenters. The average molecular weight is 387 g/mol. The third kappa shape index (κ3) is 4.65. The van der Waals surface area contributed by atoms with Gasteiger partial charge in [0, 0.05) is 27.9 Å². The number of nitrogens with zero attached hydrogens (tertiary/aromatic N) is 2. The molecule has 0 saturated carbocycles. The normalized spacial score (nSPS) is 10.4. The molecule has 2 aromatic heterocycles. The van der Waals surface area contributed by atoms with Gasteiger partial charge in [0.2, 0.25) is 5.91 Å². The molecule has 132 valence electrons. The maximum atomic E-state index is 12.0. The molecule has 26 heavy (non-hydrogen) atoms. The van der Waals surface area contributed by atoms with E-state index >= 15 is 0 Å². The Morgan fingerprint density at radius 1 is 1.19 bits per heavy atom. The number of benzene rings is 1. The van der Waals surface area contributed by atoms with E-state index in [4.69, 9.17) is 11.6 Å². The molecule has 1 aromatic carbocycles. The number of amides is 2. The summed E-state index contributed by atoms with van der Waals surface area (Å²) in [6.45, 7) is 1.79. The van der Waals surface area contributed by atoms with Gasteiger partial charge in [-0.1, -0.05) is 23.7 Å². The van der Waals surface area contributed by atoms with Crippen LogP contribution in [0.15, 0.2) is 48.0 Å². The van der Waals surface area contributed by atoms with Crippen LogP contribution in [-0.4, -0.2) is 28.3 Å². The van der Waals surface area contributed by atoms with Gasteiger partial charge < -0.3 is 10.6 Å². The Balaban J connectivity index is 1.54. The van der Waals surface area contributed by atoms with Crippen LogP contribution in [0, 0.1) is 6.92 Å². The molecule has 6 nitrogen and oxygen atoms in total. The molecule has 0 aliphatic carbocycles. The fraction of sp³-hybridized carbons (Fsp3) is 0.111. The zero-order valence-corrected chi connectivity index (χ0v) is 15.4. The molecule has 2 N–H and O–H groups in total. The number of hydrogen-bond donors (Lipinski definition) is 2. The molecule has 0 atom stereocenters. The molecular formula is C18H15ClN4O2S. The second kappa shape index (κ2) is 8.07. The first-order valence-electron chi connectivity index (χ1n) is 7.73. The van der Waals surface area contributed by atoms with Gasteiger partial charge >= 0.3 is 0 Å². The zero-order chi connectivity index (χ0) is 18.5. The predicted molar refractivity (Wildman–Crippen MR) is 102 cm³/mol. The van der Waals surface area contributed by atoms with Gasteiger partial charge in [-0.2, -0.15) is 0 Å². The lowest BCUT2D eigenvalue weighted by molar-refractivity contribution is -0.115. The van der Waals surface area contributed by atoms with Crippen molar-refractivity contribution in [3.8, 4) is 11.3 Å². The van der Waals surface area contributed by atoms with Gasteiger partial charge in [-0.05, 0) is 31.2 Å². The number of carbonyl (C=O) groups is 2. The minimum atomic E-state index is -0.461. The van der Waals surface area contributed by atoms with Crippen LogP contribution in [0.3, 0.4) is 0 Å². The van der Waals surface area contributed by atoms with Crippen molar-refractivity contribution in [3.05, 3.63) is 63.7 Å². The summed E-state index contributed by atoms with van der Waals surface area (Å²) in [7, 11) is 0. The number of aryl methyl sites for hydroxylation is 1. The van der Waals surface area contributed by atoms with Gasteiger partial charge in [-0.3, -0.25) is 14.6 Å². The lowest BCUT2D eigenvalue weighted by Crippen LogP contribution is -2.33. The van der Waals surface area contributed by atoms with Crippen LogP contribution in [0.25, 0.3) is 11.3 Å². The highest BCUT2D eigenvalue weighted by molar-refractivity contribution is 7.09. The van der Waals surface area contributed by atoms with Crippen molar-refractivity contribution in [2.75, 3.05) is 11.9 Å². The highest BCUT2D eigenvalue weighted by Crippen LogP contribution is 2.23. The quantitative estimate of drug-likeness (QED) is 0.702. The monoisotopic (exact) mass is 386 g/mol. The fourth-order valence-corrected chi connectivity index (χ4v) is 2.99. The highest BCUT2D eigenvalue weighted by Gasteiger charge is 2.10. The number of pyridine rings is 1. The number of nitrogens with one attached hydrogen (secondary N) is 2. The van der Waals surface area contributed by atoms with E-state index in [1.54, 1.807) is 29.5 Å². The molecule has 0 bridgehead atoms. The summed E-state index contributed by atoms with van der Waals surface area (Å²) in [5.74, 6) is -0.797. The Morgan fingerprint density at radius 2 is 1.96 bits per heavy atom. The molecular weight excluding hydrogens is 372 g/mol. The van der Waals surface area contributed by atoms with E-state index in [1.165, 1.54) is 12.3 Å². The molecule has 0 saturated heterocycles. The molecule has 8 heteroatoms. The molecule has 2 heterocycles. The third-order valence-corrected chi connectivity index (χ3v) is 4.46. The number of rotatable bonds is 5. The number of thiazole rings is 1. The second-order valence-corrected chi connectivity index (χ2v) is 6.92. The van der Waals surface area contributed by atoms with E-state index in [-0.39, 0.29) is 18.1 Å². The predicted octanol–water partition coefficient (Wildman–Crippen LogP) is 3.54. The van der Waals surface area contributed by atoms with E-state index in [2.05, 4.69) is 20.6 Å². The smallest absolute Gasteiger partial charge is 0.270 e. The molecule has 2 amide bonds.